The molecule has 2 atom stereocenters. The molecule has 0 aromatic rings. The van der Waals surface area contributed by atoms with Crippen LogP contribution in [0, 0.1) is 0 Å². The molecule has 4 heteroatoms. The molecule has 2 unspecified atom stereocenters. The van der Waals surface area contributed by atoms with E-state index in [2.05, 4.69) is 30.7 Å². The van der Waals surface area contributed by atoms with E-state index in [1.54, 1.807) is 7.11 Å². The summed E-state index contributed by atoms with van der Waals surface area (Å²) in [5.74, 6) is 0.184. The van der Waals surface area contributed by atoms with Crippen molar-refractivity contribution >= 4 is 5.78 Å². The van der Waals surface area contributed by atoms with Crippen LogP contribution >= 0.6 is 0 Å². The van der Waals surface area contributed by atoms with Crippen LogP contribution in [-0.2, 0) is 9.53 Å². The Kier molecular flexibility index (Phi) is 5.32. The summed E-state index contributed by atoms with van der Waals surface area (Å²) < 4.78 is 5.22. The summed E-state index contributed by atoms with van der Waals surface area (Å²) in [6.07, 6.45) is 0.573. The average molecular weight is 256 g/mol. The van der Waals surface area contributed by atoms with Gasteiger partial charge in [0.25, 0.3) is 0 Å². The summed E-state index contributed by atoms with van der Waals surface area (Å²) in [6, 6.07) is 1.11. The molecule has 0 aliphatic carbocycles. The number of piperazine rings is 1. The van der Waals surface area contributed by atoms with E-state index in [-0.39, 0.29) is 5.78 Å². The van der Waals surface area contributed by atoms with Gasteiger partial charge < -0.3 is 4.74 Å². The maximum absolute atomic E-state index is 12.0. The van der Waals surface area contributed by atoms with Gasteiger partial charge in [-0.1, -0.05) is 0 Å². The fraction of sp³-hybridized carbons (Fsp3) is 0.929. The van der Waals surface area contributed by atoms with E-state index in [0.29, 0.717) is 18.5 Å². The molecule has 18 heavy (non-hydrogen) atoms. The van der Waals surface area contributed by atoms with Gasteiger partial charge in [0, 0.05) is 45.2 Å². The lowest BCUT2D eigenvalue weighted by molar-refractivity contribution is -0.137. The van der Waals surface area contributed by atoms with Gasteiger partial charge in [0.15, 0.2) is 5.78 Å². The molecule has 1 fully saturated rings. The molecule has 0 N–H and O–H groups in total. The molecule has 1 saturated heterocycles. The molecular weight excluding hydrogens is 228 g/mol. The minimum Gasteiger partial charge on any atom is -0.371 e. The summed E-state index contributed by atoms with van der Waals surface area (Å²) in [5.41, 5.74) is -0.649. The third kappa shape index (κ3) is 3.77. The van der Waals surface area contributed by atoms with Crippen molar-refractivity contribution in [3.63, 3.8) is 0 Å². The fourth-order valence-electron chi connectivity index (χ4n) is 2.37. The Balaban J connectivity index is 2.43. The number of nitrogens with zero attached hydrogens (tertiary/aromatic N) is 2. The van der Waals surface area contributed by atoms with E-state index >= 15 is 0 Å². The van der Waals surface area contributed by atoms with E-state index in [0.717, 1.165) is 19.6 Å². The molecule has 0 amide bonds. The molecule has 1 heterocycles. The molecule has 0 radical (unpaired) electrons. The van der Waals surface area contributed by atoms with Crippen LogP contribution in [0.25, 0.3) is 0 Å². The van der Waals surface area contributed by atoms with Crippen LogP contribution < -0.4 is 0 Å². The van der Waals surface area contributed by atoms with Crippen LogP contribution in [0.5, 0.6) is 0 Å². The SMILES string of the molecule is COC(C)(C)C(=O)CCN1CC(C)N(C)C(C)C1. The lowest BCUT2D eigenvalue weighted by Crippen LogP contribution is -2.55. The van der Waals surface area contributed by atoms with Crippen LogP contribution in [-0.4, -0.2) is 67.1 Å². The van der Waals surface area contributed by atoms with Crippen molar-refractivity contribution in [2.24, 2.45) is 0 Å². The van der Waals surface area contributed by atoms with Gasteiger partial charge in [-0.15, -0.1) is 0 Å². The second-order valence-electron chi connectivity index (χ2n) is 6.01. The van der Waals surface area contributed by atoms with Crippen LogP contribution in [0.1, 0.15) is 34.1 Å². The first-order valence-electron chi connectivity index (χ1n) is 6.80. The molecule has 1 rings (SSSR count). The average Bonchev–Trinajstić information content (AvgIpc) is 2.32. The van der Waals surface area contributed by atoms with Crippen LogP contribution in [0.15, 0.2) is 0 Å². The van der Waals surface area contributed by atoms with E-state index in [4.69, 9.17) is 4.74 Å². The number of carbonyl (C=O) groups excluding carboxylic acids is 1. The molecule has 0 aromatic carbocycles. The number of rotatable bonds is 5. The summed E-state index contributed by atoms with van der Waals surface area (Å²) in [7, 11) is 3.77. The number of Topliss-reactive ketones (excluding diaryl/α,β-unsaturated/α-hetero) is 1. The standard InChI is InChI=1S/C14H28N2O2/c1-11-9-16(10-12(2)15(11)5)8-7-13(17)14(3,4)18-6/h11-12H,7-10H2,1-6H3. The number of hydrogen-bond acceptors (Lipinski definition) is 4. The Hall–Kier alpha value is -0.450. The highest BCUT2D eigenvalue weighted by molar-refractivity contribution is 5.86. The monoisotopic (exact) mass is 256 g/mol. The topological polar surface area (TPSA) is 32.8 Å². The van der Waals surface area contributed by atoms with Crippen LogP contribution in [0.4, 0.5) is 0 Å². The second-order valence-corrected chi connectivity index (χ2v) is 6.01. The molecule has 0 saturated carbocycles. The second kappa shape index (κ2) is 6.13. The summed E-state index contributed by atoms with van der Waals surface area (Å²) in [6.45, 7) is 11.1. The normalized spacial score (nSPS) is 27.4. The van der Waals surface area contributed by atoms with Gasteiger partial charge >= 0.3 is 0 Å². The van der Waals surface area contributed by atoms with Crippen molar-refractivity contribution in [2.45, 2.75) is 51.8 Å². The molecule has 0 bridgehead atoms. The molecule has 106 valence electrons. The predicted molar refractivity (Wildman–Crippen MR) is 73.8 cm³/mol. The first-order chi connectivity index (χ1) is 8.27. The van der Waals surface area contributed by atoms with Gasteiger partial charge in [-0.25, -0.2) is 0 Å². The summed E-state index contributed by atoms with van der Waals surface area (Å²) in [4.78, 5) is 16.8. The van der Waals surface area contributed by atoms with Crippen molar-refractivity contribution in [3.8, 4) is 0 Å². The maximum atomic E-state index is 12.0. The lowest BCUT2D eigenvalue weighted by Gasteiger charge is -2.42. The predicted octanol–water partition coefficient (Wildman–Crippen LogP) is 1.40. The highest BCUT2D eigenvalue weighted by Gasteiger charge is 2.29. The van der Waals surface area contributed by atoms with E-state index < -0.39 is 5.60 Å². The fourth-order valence-corrected chi connectivity index (χ4v) is 2.37. The lowest BCUT2D eigenvalue weighted by atomic mass is 10.00. The number of ketones is 1. The quantitative estimate of drug-likeness (QED) is 0.744. The highest BCUT2D eigenvalue weighted by atomic mass is 16.5. The minimum absolute atomic E-state index is 0.184. The molecule has 1 aliphatic rings. The summed E-state index contributed by atoms with van der Waals surface area (Å²) >= 11 is 0. The Labute approximate surface area is 111 Å². The molecular formula is C14H28N2O2. The third-order valence-corrected chi connectivity index (χ3v) is 4.27. The van der Waals surface area contributed by atoms with Crippen molar-refractivity contribution in [1.29, 1.82) is 0 Å². The number of carbonyl (C=O) groups is 1. The number of methoxy groups -OCH3 is 1. The van der Waals surface area contributed by atoms with Gasteiger partial charge in [-0.05, 0) is 34.7 Å². The van der Waals surface area contributed by atoms with Gasteiger partial charge in [-0.3, -0.25) is 14.6 Å². The van der Waals surface area contributed by atoms with E-state index in [1.165, 1.54) is 0 Å². The Bertz CT molecular complexity index is 280. The van der Waals surface area contributed by atoms with Crippen molar-refractivity contribution < 1.29 is 9.53 Å². The van der Waals surface area contributed by atoms with Crippen LogP contribution in [0.3, 0.4) is 0 Å². The number of likely N-dealkylation sites (N-methyl/N-ethyl adjacent to an activating group) is 1. The first-order valence-corrected chi connectivity index (χ1v) is 6.80. The Morgan fingerprint density at radius 1 is 1.28 bits per heavy atom. The first kappa shape index (κ1) is 15.6. The van der Waals surface area contributed by atoms with Gasteiger partial charge in [0.2, 0.25) is 0 Å². The zero-order valence-electron chi connectivity index (χ0n) is 12.7. The minimum atomic E-state index is -0.649. The van der Waals surface area contributed by atoms with E-state index in [1.807, 2.05) is 13.8 Å². The Morgan fingerprint density at radius 3 is 2.22 bits per heavy atom. The smallest absolute Gasteiger partial charge is 0.165 e. The van der Waals surface area contributed by atoms with Crippen molar-refractivity contribution in [2.75, 3.05) is 33.8 Å². The highest BCUT2D eigenvalue weighted by Crippen LogP contribution is 2.16. The molecule has 1 aliphatic heterocycles. The van der Waals surface area contributed by atoms with Crippen molar-refractivity contribution in [1.82, 2.24) is 9.80 Å². The van der Waals surface area contributed by atoms with Crippen molar-refractivity contribution in [3.05, 3.63) is 0 Å². The molecule has 0 spiro atoms. The Morgan fingerprint density at radius 2 is 1.78 bits per heavy atom. The zero-order valence-corrected chi connectivity index (χ0v) is 12.7. The largest absolute Gasteiger partial charge is 0.371 e. The third-order valence-electron chi connectivity index (χ3n) is 4.27. The zero-order chi connectivity index (χ0) is 13.9. The van der Waals surface area contributed by atoms with Gasteiger partial charge in [0.05, 0.1) is 0 Å². The van der Waals surface area contributed by atoms with Gasteiger partial charge in [0.1, 0.15) is 5.60 Å². The van der Waals surface area contributed by atoms with Crippen LogP contribution in [0.2, 0.25) is 0 Å². The van der Waals surface area contributed by atoms with E-state index in [9.17, 15) is 4.79 Å². The number of hydrogen-bond donors (Lipinski definition) is 0. The summed E-state index contributed by atoms with van der Waals surface area (Å²) in [5, 5.41) is 0. The van der Waals surface area contributed by atoms with Gasteiger partial charge in [-0.2, -0.15) is 0 Å². The maximum Gasteiger partial charge on any atom is 0.165 e. The molecule has 0 aromatic heterocycles. The number of ether oxygens (including phenoxy) is 1. The molecule has 4 nitrogen and oxygen atoms in total.